The molecule has 0 aromatic heterocycles. The highest BCUT2D eigenvalue weighted by atomic mass is 14.2. The largest absolute Gasteiger partial charge is 0.0622 e. The van der Waals surface area contributed by atoms with E-state index in [1.54, 1.807) is 0 Å². The van der Waals surface area contributed by atoms with E-state index in [4.69, 9.17) is 0 Å². The van der Waals surface area contributed by atoms with Crippen molar-refractivity contribution in [3.8, 4) is 66.8 Å². The fourth-order valence-corrected chi connectivity index (χ4v) is 11.2. The van der Waals surface area contributed by atoms with Gasteiger partial charge in [-0.05, 0) is 148 Å². The highest BCUT2D eigenvalue weighted by molar-refractivity contribution is 6.29. The van der Waals surface area contributed by atoms with Gasteiger partial charge in [-0.2, -0.15) is 0 Å². The summed E-state index contributed by atoms with van der Waals surface area (Å²) in [5.41, 5.74) is 14.9. The van der Waals surface area contributed by atoms with Crippen molar-refractivity contribution in [2.24, 2.45) is 0 Å². The summed E-state index contributed by atoms with van der Waals surface area (Å²) < 4.78 is 0. The Bertz CT molecular complexity index is 4170. The fraction of sp³-hybridized carbons (Fsp3) is 0. The molecule has 0 saturated heterocycles. The van der Waals surface area contributed by atoms with Crippen LogP contribution in [0.15, 0.2) is 243 Å². The van der Waals surface area contributed by atoms with E-state index in [0.717, 1.165) is 0 Å². The molecule has 0 heterocycles. The lowest BCUT2D eigenvalue weighted by Gasteiger charge is -2.17. The van der Waals surface area contributed by atoms with Crippen LogP contribution in [0.5, 0.6) is 0 Å². The quantitative estimate of drug-likeness (QED) is 0.146. The molecule has 0 atom stereocenters. The van der Waals surface area contributed by atoms with Gasteiger partial charge in [0.1, 0.15) is 0 Å². The minimum Gasteiger partial charge on any atom is -0.0622 e. The van der Waals surface area contributed by atoms with Crippen LogP contribution in [-0.4, -0.2) is 0 Å². The molecule has 0 spiro atoms. The third-order valence-electron chi connectivity index (χ3n) is 14.4. The minimum absolute atomic E-state index is 1.21. The van der Waals surface area contributed by atoms with Crippen molar-refractivity contribution >= 4 is 75.4 Å². The first-order chi connectivity index (χ1) is 32.7. The van der Waals surface area contributed by atoms with Crippen LogP contribution in [-0.2, 0) is 0 Å². The van der Waals surface area contributed by atoms with Gasteiger partial charge in [-0.15, -0.1) is 0 Å². The Morgan fingerprint density at radius 1 is 0.152 bits per heavy atom. The topological polar surface area (TPSA) is 0 Å². The lowest BCUT2D eigenvalue weighted by molar-refractivity contribution is 1.58. The zero-order valence-corrected chi connectivity index (χ0v) is 36.1. The molecule has 304 valence electrons. The summed E-state index contributed by atoms with van der Waals surface area (Å²) in [6.07, 6.45) is 0. The maximum Gasteiger partial charge on any atom is -0.00203 e. The smallest absolute Gasteiger partial charge is 0.00203 e. The van der Waals surface area contributed by atoms with Gasteiger partial charge in [-0.25, -0.2) is 0 Å². The van der Waals surface area contributed by atoms with E-state index in [0.29, 0.717) is 0 Å². The Hall–Kier alpha value is -8.58. The summed E-state index contributed by atoms with van der Waals surface area (Å²) in [5.74, 6) is 0. The fourth-order valence-electron chi connectivity index (χ4n) is 11.2. The molecule has 0 unspecified atom stereocenters. The predicted molar refractivity (Wildman–Crippen MR) is 284 cm³/mol. The molecule has 14 rings (SSSR count). The Balaban J connectivity index is 0.788. The van der Waals surface area contributed by atoms with E-state index in [1.807, 2.05) is 0 Å². The average Bonchev–Trinajstić information content (AvgIpc) is 3.39. The first-order valence-electron chi connectivity index (χ1n) is 23.0. The van der Waals surface area contributed by atoms with Gasteiger partial charge in [0.25, 0.3) is 0 Å². The van der Waals surface area contributed by atoms with Gasteiger partial charge in [0.05, 0.1) is 0 Å². The molecule has 0 heteroatoms. The van der Waals surface area contributed by atoms with Gasteiger partial charge in [0, 0.05) is 0 Å². The van der Waals surface area contributed by atoms with Crippen molar-refractivity contribution in [1.29, 1.82) is 0 Å². The second-order valence-corrected chi connectivity index (χ2v) is 17.9. The number of hydrogen-bond donors (Lipinski definition) is 0. The normalized spacial score (nSPS) is 11.9. The van der Waals surface area contributed by atoms with Gasteiger partial charge >= 0.3 is 0 Å². The first kappa shape index (κ1) is 36.9. The predicted octanol–water partition coefficient (Wildman–Crippen LogP) is 18.6. The van der Waals surface area contributed by atoms with Gasteiger partial charge < -0.3 is 0 Å². The minimum atomic E-state index is 1.21. The molecule has 0 aliphatic rings. The van der Waals surface area contributed by atoms with Crippen LogP contribution >= 0.6 is 0 Å². The Morgan fingerprint density at radius 2 is 0.485 bits per heavy atom. The molecular weight excluding hydrogens is 793 g/mol. The van der Waals surface area contributed by atoms with E-state index in [-0.39, 0.29) is 0 Å². The Labute approximate surface area is 383 Å². The van der Waals surface area contributed by atoms with Gasteiger partial charge in [-0.1, -0.05) is 237 Å². The van der Waals surface area contributed by atoms with Crippen LogP contribution in [0, 0.1) is 0 Å². The van der Waals surface area contributed by atoms with Crippen molar-refractivity contribution in [1.82, 2.24) is 0 Å². The first-order valence-corrected chi connectivity index (χ1v) is 23.0. The van der Waals surface area contributed by atoms with E-state index in [1.165, 1.54) is 142 Å². The summed E-state index contributed by atoms with van der Waals surface area (Å²) >= 11 is 0. The highest BCUT2D eigenvalue weighted by Crippen LogP contribution is 2.45. The maximum absolute atomic E-state index is 2.33. The summed E-state index contributed by atoms with van der Waals surface area (Å²) in [7, 11) is 0. The van der Waals surface area contributed by atoms with Crippen LogP contribution in [0.25, 0.3) is 142 Å². The van der Waals surface area contributed by atoms with E-state index < -0.39 is 0 Å². The van der Waals surface area contributed by atoms with Crippen LogP contribution < -0.4 is 0 Å². The number of fused-ring (bicyclic) bond motifs is 1. The van der Waals surface area contributed by atoms with Gasteiger partial charge in [-0.3, -0.25) is 0 Å². The van der Waals surface area contributed by atoms with Crippen molar-refractivity contribution < 1.29 is 0 Å². The maximum atomic E-state index is 2.33. The monoisotopic (exact) mass is 832 g/mol. The number of hydrogen-bond acceptors (Lipinski definition) is 0. The summed E-state index contributed by atoms with van der Waals surface area (Å²) in [6, 6.07) is 90.2. The lowest BCUT2D eigenvalue weighted by Crippen LogP contribution is -1.90. The molecule has 0 nitrogen and oxygen atoms in total. The average molecular weight is 833 g/mol. The molecule has 0 radical (unpaired) electrons. The van der Waals surface area contributed by atoms with E-state index in [2.05, 4.69) is 243 Å². The number of benzene rings is 14. The zero-order chi connectivity index (χ0) is 43.3. The summed E-state index contributed by atoms with van der Waals surface area (Å²) in [5, 5.41) is 18.2. The molecule has 14 aromatic carbocycles. The molecule has 0 N–H and O–H groups in total. The molecule has 0 fully saturated rings. The van der Waals surface area contributed by atoms with Crippen molar-refractivity contribution in [3.05, 3.63) is 243 Å². The molecule has 0 amide bonds. The lowest BCUT2D eigenvalue weighted by atomic mass is 9.86. The van der Waals surface area contributed by atoms with Crippen LogP contribution in [0.2, 0.25) is 0 Å². The second-order valence-electron chi connectivity index (χ2n) is 17.9. The van der Waals surface area contributed by atoms with Crippen molar-refractivity contribution in [3.63, 3.8) is 0 Å². The molecule has 14 aromatic rings. The van der Waals surface area contributed by atoms with Crippen molar-refractivity contribution in [2.75, 3.05) is 0 Å². The standard InChI is InChI=1S/C66H40/c1-2-8-43(9-3-1)54-32-24-47-29-37-60-55(33-25-48-28-36-59(54)63(47)64(48)60)45-20-16-41(17-21-45)51-12-6-13-52(40-51)42-18-22-46(23-19-42)56-34-26-49-31-39-62-58(35-27-50-30-38-61(56)65(49)66(50)62)57-15-7-11-44-10-4-5-14-53(44)57/h1-40H. The molecule has 0 saturated carbocycles. The molecular formula is C66H40. The van der Waals surface area contributed by atoms with Gasteiger partial charge in [0.15, 0.2) is 0 Å². The Kier molecular flexibility index (Phi) is 8.08. The molecule has 66 heavy (non-hydrogen) atoms. The van der Waals surface area contributed by atoms with Crippen LogP contribution in [0.3, 0.4) is 0 Å². The van der Waals surface area contributed by atoms with Gasteiger partial charge in [0.2, 0.25) is 0 Å². The second kappa shape index (κ2) is 14.5. The molecule has 0 aliphatic carbocycles. The SMILES string of the molecule is c1ccc(-c2ccc3ccc4c(-c5ccc(-c6cccc(-c7ccc(-c8ccc9ccc%10c(-c%11cccc%12ccccc%11%12)ccc%11ccc8c9c%11%10)cc7)c6)cc5)ccc5ccc2c3c54)cc1. The van der Waals surface area contributed by atoms with Crippen LogP contribution in [0.4, 0.5) is 0 Å². The van der Waals surface area contributed by atoms with E-state index >= 15 is 0 Å². The van der Waals surface area contributed by atoms with Crippen molar-refractivity contribution in [2.45, 2.75) is 0 Å². The number of rotatable bonds is 6. The summed E-state index contributed by atoms with van der Waals surface area (Å²) in [4.78, 5) is 0. The molecule has 0 aliphatic heterocycles. The van der Waals surface area contributed by atoms with Crippen LogP contribution in [0.1, 0.15) is 0 Å². The third-order valence-corrected chi connectivity index (χ3v) is 14.4. The Morgan fingerprint density at radius 3 is 0.985 bits per heavy atom. The van der Waals surface area contributed by atoms with E-state index in [9.17, 15) is 0 Å². The summed E-state index contributed by atoms with van der Waals surface area (Å²) in [6.45, 7) is 0. The molecule has 0 bridgehead atoms. The third kappa shape index (κ3) is 5.65. The zero-order valence-electron chi connectivity index (χ0n) is 36.1. The highest BCUT2D eigenvalue weighted by Gasteiger charge is 2.18.